The van der Waals surface area contributed by atoms with E-state index in [4.69, 9.17) is 4.74 Å². The first kappa shape index (κ1) is 24.9. The molecule has 0 radical (unpaired) electrons. The van der Waals surface area contributed by atoms with Gasteiger partial charge in [0.05, 0.1) is 4.75 Å². The van der Waals surface area contributed by atoms with Crippen molar-refractivity contribution in [3.05, 3.63) is 0 Å². The Morgan fingerprint density at radius 2 is 1.78 bits per heavy atom. The van der Waals surface area contributed by atoms with Gasteiger partial charge < -0.3 is 15.4 Å². The molecule has 0 aromatic rings. The maximum absolute atomic E-state index is 12.4. The highest BCUT2D eigenvalue weighted by atomic mass is 127. The third-order valence-corrected chi connectivity index (χ3v) is 8.66. The molecule has 1 aliphatic heterocycles. The predicted molar refractivity (Wildman–Crippen MR) is 123 cm³/mol. The van der Waals surface area contributed by atoms with Crippen LogP contribution in [0.5, 0.6) is 0 Å². The third kappa shape index (κ3) is 6.73. The van der Waals surface area contributed by atoms with E-state index >= 15 is 0 Å². The average Bonchev–Trinajstić information content (AvgIpc) is 2.64. The van der Waals surface area contributed by atoms with Gasteiger partial charge in [-0.1, -0.05) is 39.0 Å². The van der Waals surface area contributed by atoms with E-state index in [1.54, 1.807) is 7.05 Å². The lowest BCUT2D eigenvalue weighted by atomic mass is 9.78. The van der Waals surface area contributed by atoms with E-state index in [9.17, 15) is 8.42 Å². The zero-order chi connectivity index (χ0) is 19.2. The topological polar surface area (TPSA) is 79.8 Å². The molecule has 2 aliphatic rings. The Kier molecular flexibility index (Phi) is 10.3. The zero-order valence-electron chi connectivity index (χ0n) is 17.3. The van der Waals surface area contributed by atoms with Crippen LogP contribution in [0.2, 0.25) is 0 Å². The summed E-state index contributed by atoms with van der Waals surface area (Å²) < 4.78 is 29.4. The number of guanidine groups is 1. The fourth-order valence-corrected chi connectivity index (χ4v) is 5.52. The van der Waals surface area contributed by atoms with Crippen LogP contribution in [0.4, 0.5) is 0 Å². The molecule has 2 fully saturated rings. The maximum Gasteiger partial charge on any atom is 0.191 e. The molecule has 1 saturated carbocycles. The summed E-state index contributed by atoms with van der Waals surface area (Å²) in [6, 6.07) is 0.299. The molecule has 1 heterocycles. The first-order chi connectivity index (χ1) is 12.3. The Balaban J connectivity index is 0.00000364. The number of sulfone groups is 1. The van der Waals surface area contributed by atoms with Crippen molar-refractivity contribution in [3.63, 3.8) is 0 Å². The highest BCUT2D eigenvalue weighted by Gasteiger charge is 2.42. The third-order valence-electron chi connectivity index (χ3n) is 6.54. The second kappa shape index (κ2) is 11.2. The van der Waals surface area contributed by atoms with Crippen LogP contribution in [0.25, 0.3) is 0 Å². The number of nitrogens with zero attached hydrogens (tertiary/aromatic N) is 1. The molecule has 160 valence electrons. The van der Waals surface area contributed by atoms with Gasteiger partial charge >= 0.3 is 0 Å². The van der Waals surface area contributed by atoms with Crippen molar-refractivity contribution < 1.29 is 13.2 Å². The van der Waals surface area contributed by atoms with E-state index in [1.165, 1.54) is 38.4 Å². The number of hydrogen-bond donors (Lipinski definition) is 2. The average molecular weight is 516 g/mol. The number of aliphatic imine (C=N–C) groups is 1. The van der Waals surface area contributed by atoms with Crippen LogP contribution < -0.4 is 10.6 Å². The number of ether oxygens (including phenoxy) is 1. The Bertz CT molecular complexity index is 571. The molecule has 27 heavy (non-hydrogen) atoms. The van der Waals surface area contributed by atoms with E-state index in [0.717, 1.165) is 5.92 Å². The van der Waals surface area contributed by atoms with Crippen molar-refractivity contribution in [2.75, 3.05) is 33.1 Å². The minimum absolute atomic E-state index is 0. The monoisotopic (exact) mass is 515 g/mol. The number of rotatable bonds is 6. The van der Waals surface area contributed by atoms with Crippen LogP contribution in [0, 0.1) is 11.8 Å². The Hall–Kier alpha value is -0.0900. The van der Waals surface area contributed by atoms with Crippen molar-refractivity contribution in [3.8, 4) is 0 Å². The molecule has 1 saturated heterocycles. The van der Waals surface area contributed by atoms with E-state index in [1.807, 2.05) is 0 Å². The summed E-state index contributed by atoms with van der Waals surface area (Å²) in [7, 11) is -1.44. The molecule has 8 heteroatoms. The summed E-state index contributed by atoms with van der Waals surface area (Å²) in [5.41, 5.74) is 0. The van der Waals surface area contributed by atoms with E-state index in [-0.39, 0.29) is 24.0 Å². The van der Waals surface area contributed by atoms with Gasteiger partial charge in [-0.15, -0.1) is 24.0 Å². The first-order valence-electron chi connectivity index (χ1n) is 10.0. The highest BCUT2D eigenvalue weighted by molar-refractivity contribution is 14.0. The number of hydrogen-bond acceptors (Lipinski definition) is 4. The lowest BCUT2D eigenvalue weighted by Gasteiger charge is -2.36. The van der Waals surface area contributed by atoms with Crippen molar-refractivity contribution in [2.24, 2.45) is 16.8 Å². The molecule has 2 unspecified atom stereocenters. The van der Waals surface area contributed by atoms with Gasteiger partial charge in [0.15, 0.2) is 15.8 Å². The molecule has 6 nitrogen and oxygen atoms in total. The van der Waals surface area contributed by atoms with Gasteiger partial charge in [0, 0.05) is 39.1 Å². The largest absolute Gasteiger partial charge is 0.381 e. The molecular formula is C19H38IN3O3S. The fourth-order valence-electron chi connectivity index (χ4n) is 4.28. The standard InChI is InChI=1S/C19H37N3O3S.HI/c1-15(17-8-6-5-7-9-17)16(2)22-18(20-3)21-14-19(26(4,23)24)10-12-25-13-11-19;/h15-17H,5-14H2,1-4H3,(H2,20,21,22);1H. The molecule has 0 bridgehead atoms. The van der Waals surface area contributed by atoms with Gasteiger partial charge in [-0.2, -0.15) is 0 Å². The van der Waals surface area contributed by atoms with Gasteiger partial charge in [-0.25, -0.2) is 8.42 Å². The van der Waals surface area contributed by atoms with Gasteiger partial charge in [0.1, 0.15) is 0 Å². The quantitative estimate of drug-likeness (QED) is 0.323. The normalized spacial score (nSPS) is 23.8. The molecule has 2 N–H and O–H groups in total. The van der Waals surface area contributed by atoms with Crippen LogP contribution in [-0.4, -0.2) is 58.2 Å². The molecule has 0 amide bonds. The number of nitrogens with one attached hydrogen (secondary N) is 2. The maximum atomic E-state index is 12.4. The summed E-state index contributed by atoms with van der Waals surface area (Å²) in [4.78, 5) is 4.32. The van der Waals surface area contributed by atoms with Gasteiger partial charge in [-0.05, 0) is 31.6 Å². The molecule has 0 aromatic heterocycles. The predicted octanol–water partition coefficient (Wildman–Crippen LogP) is 2.97. The minimum Gasteiger partial charge on any atom is -0.381 e. The summed E-state index contributed by atoms with van der Waals surface area (Å²) in [5, 5.41) is 6.76. The van der Waals surface area contributed by atoms with Gasteiger partial charge in [-0.3, -0.25) is 4.99 Å². The van der Waals surface area contributed by atoms with Crippen molar-refractivity contribution in [1.82, 2.24) is 10.6 Å². The summed E-state index contributed by atoms with van der Waals surface area (Å²) in [6.45, 7) is 5.88. The van der Waals surface area contributed by atoms with Gasteiger partial charge in [0.2, 0.25) is 0 Å². The number of halogens is 1. The Labute approximate surface area is 182 Å². The lowest BCUT2D eigenvalue weighted by molar-refractivity contribution is 0.0756. The molecule has 2 atom stereocenters. The van der Waals surface area contributed by atoms with Crippen molar-refractivity contribution in [2.45, 2.75) is 69.6 Å². The van der Waals surface area contributed by atoms with Crippen LogP contribution in [0.15, 0.2) is 4.99 Å². The van der Waals surface area contributed by atoms with Crippen LogP contribution in [0.3, 0.4) is 0 Å². The van der Waals surface area contributed by atoms with Gasteiger partial charge in [0.25, 0.3) is 0 Å². The lowest BCUT2D eigenvalue weighted by Crippen LogP contribution is -2.55. The second-order valence-corrected chi connectivity index (χ2v) is 10.6. The zero-order valence-corrected chi connectivity index (χ0v) is 20.4. The van der Waals surface area contributed by atoms with Crippen LogP contribution in [0.1, 0.15) is 58.8 Å². The van der Waals surface area contributed by atoms with E-state index in [0.29, 0.717) is 50.5 Å². The van der Waals surface area contributed by atoms with Crippen molar-refractivity contribution in [1.29, 1.82) is 0 Å². The Morgan fingerprint density at radius 3 is 2.30 bits per heavy atom. The molecule has 0 spiro atoms. The second-order valence-electron chi connectivity index (χ2n) is 8.18. The molecule has 1 aliphatic carbocycles. The van der Waals surface area contributed by atoms with Crippen LogP contribution in [-0.2, 0) is 14.6 Å². The smallest absolute Gasteiger partial charge is 0.191 e. The Morgan fingerprint density at radius 1 is 1.19 bits per heavy atom. The molecule has 0 aromatic carbocycles. The first-order valence-corrected chi connectivity index (χ1v) is 11.9. The molecular weight excluding hydrogens is 477 g/mol. The van der Waals surface area contributed by atoms with E-state index < -0.39 is 14.6 Å². The summed E-state index contributed by atoms with van der Waals surface area (Å²) in [6.07, 6.45) is 9.08. The van der Waals surface area contributed by atoms with E-state index in [2.05, 4.69) is 29.5 Å². The SMILES string of the molecule is CN=C(NCC1(S(C)(=O)=O)CCOCC1)NC(C)C(C)C1CCCCC1.I. The van der Waals surface area contributed by atoms with Crippen LogP contribution >= 0.6 is 24.0 Å². The summed E-state index contributed by atoms with van der Waals surface area (Å²) >= 11 is 0. The minimum atomic E-state index is -3.18. The fraction of sp³-hybridized carbons (Fsp3) is 0.947. The molecule has 2 rings (SSSR count). The summed E-state index contributed by atoms with van der Waals surface area (Å²) in [5.74, 6) is 2.03. The highest BCUT2D eigenvalue weighted by Crippen LogP contribution is 2.31. The van der Waals surface area contributed by atoms with Crippen molar-refractivity contribution >= 4 is 39.8 Å².